The van der Waals surface area contributed by atoms with E-state index in [1.54, 1.807) is 41.5 Å². The molecule has 0 fully saturated rings. The van der Waals surface area contributed by atoms with Crippen LogP contribution in [0.2, 0.25) is 0 Å². The summed E-state index contributed by atoms with van der Waals surface area (Å²) >= 11 is 0. The molecule has 0 aliphatic carbocycles. The lowest BCUT2D eigenvalue weighted by Crippen LogP contribution is -2.47. The molecule has 0 radical (unpaired) electrons. The number of aryl methyl sites for hydroxylation is 1. The van der Waals surface area contributed by atoms with Crippen molar-refractivity contribution in [2.45, 2.75) is 82.8 Å². The summed E-state index contributed by atoms with van der Waals surface area (Å²) in [7, 11) is -1.25. The number of benzene rings is 2. The van der Waals surface area contributed by atoms with Crippen LogP contribution in [0, 0.1) is 6.92 Å². The molecule has 1 N–H and O–H groups in total. The minimum Gasteiger partial charge on any atom is -0.458 e. The smallest absolute Gasteiger partial charge is 0.408 e. The molecule has 33 heavy (non-hydrogen) atoms. The van der Waals surface area contributed by atoms with Crippen LogP contribution in [0.1, 0.15) is 58.2 Å². The fourth-order valence-electron chi connectivity index (χ4n) is 3.05. The van der Waals surface area contributed by atoms with Crippen LogP contribution in [0.25, 0.3) is 0 Å². The number of ether oxygens (including phenoxy) is 2. The van der Waals surface area contributed by atoms with Crippen LogP contribution in [0.5, 0.6) is 0 Å². The van der Waals surface area contributed by atoms with Gasteiger partial charge in [0.2, 0.25) is 0 Å². The van der Waals surface area contributed by atoms with Crippen molar-refractivity contribution in [1.82, 2.24) is 5.32 Å². The first kappa shape index (κ1) is 26.6. The maximum Gasteiger partial charge on any atom is 0.408 e. The summed E-state index contributed by atoms with van der Waals surface area (Å²) in [6.07, 6.45) is -0.504. The van der Waals surface area contributed by atoms with Crippen LogP contribution < -0.4 is 5.32 Å². The van der Waals surface area contributed by atoms with Crippen LogP contribution in [-0.4, -0.2) is 33.5 Å². The van der Waals surface area contributed by atoms with Gasteiger partial charge in [0.15, 0.2) is 0 Å². The van der Waals surface area contributed by atoms with Gasteiger partial charge < -0.3 is 14.8 Å². The van der Waals surface area contributed by atoms with E-state index in [4.69, 9.17) is 9.47 Å². The Morgan fingerprint density at radius 1 is 0.939 bits per heavy atom. The first-order chi connectivity index (χ1) is 15.2. The second-order valence-electron chi connectivity index (χ2n) is 10.0. The average molecular weight is 474 g/mol. The predicted molar refractivity (Wildman–Crippen MR) is 130 cm³/mol. The van der Waals surface area contributed by atoms with Gasteiger partial charge >= 0.3 is 12.1 Å². The zero-order chi connectivity index (χ0) is 24.8. The minimum atomic E-state index is -1.25. The molecule has 2 aromatic carbocycles. The van der Waals surface area contributed by atoms with Crippen LogP contribution in [-0.2, 0) is 37.2 Å². The molecule has 180 valence electrons. The average Bonchev–Trinajstić information content (AvgIpc) is 2.67. The third-order valence-corrected chi connectivity index (χ3v) is 5.91. The highest BCUT2D eigenvalue weighted by atomic mass is 32.2. The van der Waals surface area contributed by atoms with Gasteiger partial charge in [0.1, 0.15) is 17.2 Å². The van der Waals surface area contributed by atoms with Crippen LogP contribution in [0.3, 0.4) is 0 Å². The highest BCUT2D eigenvalue weighted by Gasteiger charge is 2.29. The second kappa shape index (κ2) is 11.0. The van der Waals surface area contributed by atoms with Gasteiger partial charge in [-0.05, 0) is 77.3 Å². The minimum absolute atomic E-state index is 0.191. The molecule has 0 aliphatic rings. The Bertz CT molecular complexity index is 990. The number of amides is 1. The van der Waals surface area contributed by atoms with Crippen LogP contribution in [0.15, 0.2) is 53.4 Å². The zero-order valence-corrected chi connectivity index (χ0v) is 21.4. The Morgan fingerprint density at radius 2 is 1.55 bits per heavy atom. The fourth-order valence-corrected chi connectivity index (χ4v) is 4.21. The number of hydrogen-bond donors (Lipinski definition) is 1. The Kier molecular flexibility index (Phi) is 8.83. The topological polar surface area (TPSA) is 81.7 Å². The molecule has 0 heterocycles. The van der Waals surface area contributed by atoms with Gasteiger partial charge in [-0.15, -0.1) is 0 Å². The number of hydrogen-bond acceptors (Lipinski definition) is 5. The summed E-state index contributed by atoms with van der Waals surface area (Å²) in [6, 6.07) is 14.2. The lowest BCUT2D eigenvalue weighted by molar-refractivity contribution is -0.157. The van der Waals surface area contributed by atoms with E-state index in [0.717, 1.165) is 16.7 Å². The van der Waals surface area contributed by atoms with E-state index in [1.165, 1.54) is 0 Å². The largest absolute Gasteiger partial charge is 0.458 e. The highest BCUT2D eigenvalue weighted by Crippen LogP contribution is 2.20. The molecule has 2 rings (SSSR count). The normalized spacial score (nSPS) is 13.7. The molecule has 0 aliphatic heterocycles. The van der Waals surface area contributed by atoms with Crippen molar-refractivity contribution in [3.63, 3.8) is 0 Å². The second-order valence-corrected chi connectivity index (χ2v) is 11.5. The van der Waals surface area contributed by atoms with E-state index in [0.29, 0.717) is 10.6 Å². The molecule has 2 atom stereocenters. The summed E-state index contributed by atoms with van der Waals surface area (Å²) in [5, 5.41) is 2.65. The third-order valence-electron chi connectivity index (χ3n) is 4.53. The number of rotatable bonds is 7. The molecule has 0 spiro atoms. The molecular formula is C26H35NO5S. The van der Waals surface area contributed by atoms with Crippen molar-refractivity contribution in [3.05, 3.63) is 65.2 Å². The van der Waals surface area contributed by atoms with Crippen molar-refractivity contribution in [1.29, 1.82) is 0 Å². The molecule has 0 bridgehead atoms. The van der Waals surface area contributed by atoms with E-state index in [9.17, 15) is 13.8 Å². The summed E-state index contributed by atoms with van der Waals surface area (Å²) in [5.41, 5.74) is 1.30. The molecule has 6 nitrogen and oxygen atoms in total. The van der Waals surface area contributed by atoms with Gasteiger partial charge in [0, 0.05) is 11.3 Å². The van der Waals surface area contributed by atoms with Crippen molar-refractivity contribution in [2.24, 2.45) is 0 Å². The third kappa shape index (κ3) is 9.38. The Hall–Kier alpha value is -2.67. The van der Waals surface area contributed by atoms with Gasteiger partial charge in [-0.25, -0.2) is 9.59 Å². The van der Waals surface area contributed by atoms with Gasteiger partial charge in [0.05, 0.1) is 16.6 Å². The van der Waals surface area contributed by atoms with E-state index in [2.05, 4.69) is 5.32 Å². The first-order valence-corrected chi connectivity index (χ1v) is 12.3. The molecule has 1 unspecified atom stereocenters. The maximum atomic E-state index is 12.9. The van der Waals surface area contributed by atoms with Gasteiger partial charge in [-0.3, -0.25) is 4.21 Å². The van der Waals surface area contributed by atoms with Crippen molar-refractivity contribution >= 4 is 22.9 Å². The summed E-state index contributed by atoms with van der Waals surface area (Å²) in [6.45, 7) is 12.5. The maximum absolute atomic E-state index is 12.9. The molecule has 0 saturated carbocycles. The van der Waals surface area contributed by atoms with Crippen molar-refractivity contribution in [3.8, 4) is 0 Å². The van der Waals surface area contributed by atoms with E-state index in [-0.39, 0.29) is 6.42 Å². The Morgan fingerprint density at radius 3 is 2.12 bits per heavy atom. The molecule has 0 aromatic heterocycles. The SMILES string of the molecule is Cc1ccc(S(=O)Cc2ccccc2)cc1C[C@H](NC(=O)OC(C)(C)C)C(=O)OC(C)(C)C. The molecule has 7 heteroatoms. The summed E-state index contributed by atoms with van der Waals surface area (Å²) < 4.78 is 23.8. The number of carbonyl (C=O) groups excluding carboxylic acids is 2. The molecule has 1 amide bonds. The predicted octanol–water partition coefficient (Wildman–Crippen LogP) is 5.08. The van der Waals surface area contributed by atoms with Crippen LogP contribution in [0.4, 0.5) is 4.79 Å². The van der Waals surface area contributed by atoms with Crippen molar-refractivity contribution in [2.75, 3.05) is 0 Å². The monoisotopic (exact) mass is 473 g/mol. The summed E-state index contributed by atoms with van der Waals surface area (Å²) in [4.78, 5) is 26.0. The molecule has 0 saturated heterocycles. The number of alkyl carbamates (subject to hydrolysis) is 1. The zero-order valence-electron chi connectivity index (χ0n) is 20.6. The highest BCUT2D eigenvalue weighted by molar-refractivity contribution is 7.84. The molecule has 2 aromatic rings. The van der Waals surface area contributed by atoms with Gasteiger partial charge in [-0.1, -0.05) is 36.4 Å². The van der Waals surface area contributed by atoms with Gasteiger partial charge in [-0.2, -0.15) is 0 Å². The van der Waals surface area contributed by atoms with E-state index >= 15 is 0 Å². The summed E-state index contributed by atoms with van der Waals surface area (Å²) in [5.74, 6) is -0.154. The van der Waals surface area contributed by atoms with Crippen molar-refractivity contribution < 1.29 is 23.3 Å². The molecular weight excluding hydrogens is 438 g/mol. The van der Waals surface area contributed by atoms with E-state index < -0.39 is 40.1 Å². The lowest BCUT2D eigenvalue weighted by atomic mass is 10.0. The Labute approximate surface area is 199 Å². The standard InChI is InChI=1S/C26H35NO5S/c1-18-13-14-21(33(30)17-19-11-9-8-10-12-19)15-20(18)16-22(23(28)31-25(2,3)4)27-24(29)32-26(5,6)7/h8-15,22H,16-17H2,1-7H3,(H,27,29)/t22-,33?/m0/s1. The first-order valence-electron chi connectivity index (χ1n) is 11.0. The lowest BCUT2D eigenvalue weighted by Gasteiger charge is -2.26. The number of esters is 1. The van der Waals surface area contributed by atoms with E-state index in [1.807, 2.05) is 55.5 Å². The number of carbonyl (C=O) groups is 2. The van der Waals surface area contributed by atoms with Crippen LogP contribution >= 0.6 is 0 Å². The van der Waals surface area contributed by atoms with Gasteiger partial charge in [0.25, 0.3) is 0 Å². The number of nitrogens with one attached hydrogen (secondary N) is 1. The fraction of sp³-hybridized carbons (Fsp3) is 0.462. The quantitative estimate of drug-likeness (QED) is 0.567. The Balaban J connectivity index is 2.26.